The highest BCUT2D eigenvalue weighted by Crippen LogP contribution is 2.78. The van der Waals surface area contributed by atoms with Crippen LogP contribution in [0.2, 0.25) is 0 Å². The molecule has 7 heteroatoms. The van der Waals surface area contributed by atoms with Crippen LogP contribution in [0.15, 0.2) is 48.1 Å². The minimum absolute atomic E-state index is 0.0388. The van der Waals surface area contributed by atoms with Crippen LogP contribution in [0.1, 0.15) is 82.5 Å². The number of methoxy groups -OCH3 is 1. The van der Waals surface area contributed by atoms with Gasteiger partial charge in [0.1, 0.15) is 5.75 Å². The maximum Gasteiger partial charge on any atom is 0.189 e. The molecule has 236 valence electrons. The number of nitrogens with zero attached hydrogens (tertiary/aromatic N) is 1. The van der Waals surface area contributed by atoms with E-state index in [4.69, 9.17) is 4.74 Å². The average Bonchev–Trinajstić information content (AvgIpc) is 3.26. The largest absolute Gasteiger partial charge is 0.497 e. The summed E-state index contributed by atoms with van der Waals surface area (Å²) < 4.78 is 5.37. The molecule has 0 aliphatic heterocycles. The van der Waals surface area contributed by atoms with Gasteiger partial charge >= 0.3 is 0 Å². The fourth-order valence-electron chi connectivity index (χ4n) is 10.8. The van der Waals surface area contributed by atoms with Gasteiger partial charge in [-0.2, -0.15) is 0 Å². The number of hydrogen-bond acceptors (Lipinski definition) is 7. The fourth-order valence-corrected chi connectivity index (χ4v) is 10.8. The minimum atomic E-state index is -0.987. The highest BCUT2D eigenvalue weighted by molar-refractivity contribution is 6.10. The molecule has 0 heterocycles. The number of ether oxygens (including phenoxy) is 1. The van der Waals surface area contributed by atoms with Crippen LogP contribution in [0.4, 0.5) is 0 Å². The maximum absolute atomic E-state index is 14.6. The third-order valence-corrected chi connectivity index (χ3v) is 13.0. The first-order chi connectivity index (χ1) is 20.4. The van der Waals surface area contributed by atoms with Crippen LogP contribution < -0.4 is 4.74 Å². The Hall–Kier alpha value is -2.03. The number of benzene rings is 1. The molecule has 6 aliphatic carbocycles. The molecule has 2 spiro atoms. The molecular weight excluding hydrogens is 542 g/mol. The van der Waals surface area contributed by atoms with Crippen molar-refractivity contribution in [1.82, 2.24) is 4.90 Å². The van der Waals surface area contributed by atoms with Gasteiger partial charge in [0.2, 0.25) is 0 Å². The fraction of sp³-hybridized carbons (Fsp3) is 0.694. The van der Waals surface area contributed by atoms with E-state index in [1.165, 1.54) is 0 Å². The molecule has 3 fully saturated rings. The summed E-state index contributed by atoms with van der Waals surface area (Å²) in [5, 5.41) is 43.3. The molecular formula is C36H51NO6. The van der Waals surface area contributed by atoms with Crippen molar-refractivity contribution in [3.8, 4) is 5.75 Å². The summed E-state index contributed by atoms with van der Waals surface area (Å²) in [6.07, 6.45) is 12.2. The van der Waals surface area contributed by atoms with Crippen LogP contribution in [-0.4, -0.2) is 82.3 Å². The van der Waals surface area contributed by atoms with Crippen molar-refractivity contribution >= 4 is 5.78 Å². The molecule has 9 unspecified atom stereocenters. The van der Waals surface area contributed by atoms with Gasteiger partial charge in [-0.1, -0.05) is 39.0 Å². The van der Waals surface area contributed by atoms with Crippen molar-refractivity contribution in [3.05, 3.63) is 53.6 Å². The molecule has 0 saturated heterocycles. The number of aliphatic hydroxyl groups excluding tert-OH is 3. The normalized spacial score (nSPS) is 41.8. The first kappa shape index (κ1) is 31.0. The van der Waals surface area contributed by atoms with E-state index in [-0.39, 0.29) is 41.2 Å². The summed E-state index contributed by atoms with van der Waals surface area (Å²) in [5.74, 6) is 1.06. The van der Waals surface area contributed by atoms with Gasteiger partial charge in [0, 0.05) is 40.5 Å². The zero-order valence-electron chi connectivity index (χ0n) is 26.4. The predicted octanol–water partition coefficient (Wildman–Crippen LogP) is 4.53. The topological polar surface area (TPSA) is 110 Å². The monoisotopic (exact) mass is 593 g/mol. The predicted molar refractivity (Wildman–Crippen MR) is 166 cm³/mol. The summed E-state index contributed by atoms with van der Waals surface area (Å²) in [4.78, 5) is 16.8. The van der Waals surface area contributed by atoms with Crippen LogP contribution >= 0.6 is 0 Å². The lowest BCUT2D eigenvalue weighted by atomic mass is 9.32. The number of hydrogen-bond donors (Lipinski definition) is 4. The van der Waals surface area contributed by atoms with E-state index in [1.807, 2.05) is 24.3 Å². The summed E-state index contributed by atoms with van der Waals surface area (Å²) >= 11 is 0. The summed E-state index contributed by atoms with van der Waals surface area (Å²) in [7, 11) is 1.62. The molecule has 0 amide bonds. The van der Waals surface area contributed by atoms with Crippen molar-refractivity contribution < 1.29 is 30.0 Å². The zero-order chi connectivity index (χ0) is 30.8. The molecule has 0 radical (unpaired) electrons. The van der Waals surface area contributed by atoms with E-state index in [9.17, 15) is 25.2 Å². The molecule has 7 rings (SSSR count). The van der Waals surface area contributed by atoms with Gasteiger partial charge in [0.15, 0.2) is 5.78 Å². The Morgan fingerprint density at radius 2 is 1.72 bits per heavy atom. The van der Waals surface area contributed by atoms with Crippen LogP contribution in [0.3, 0.4) is 0 Å². The molecule has 43 heavy (non-hydrogen) atoms. The van der Waals surface area contributed by atoms with E-state index in [0.717, 1.165) is 50.6 Å². The third-order valence-electron chi connectivity index (χ3n) is 13.0. The summed E-state index contributed by atoms with van der Waals surface area (Å²) in [5.41, 5.74) is -0.888. The Kier molecular flexibility index (Phi) is 7.78. The SMILES string of the molecule is CCCN(CC(O)CO)CC1(O)CCC2C34C=CC5(C=C3C(=O)c3ccc(OC)cc3)CC(O)CCC5(C)C4CCC21C. The molecule has 3 saturated carbocycles. The number of ketones is 1. The molecule has 9 atom stereocenters. The van der Waals surface area contributed by atoms with Gasteiger partial charge in [-0.25, -0.2) is 0 Å². The molecule has 1 aromatic rings. The number of rotatable bonds is 10. The first-order valence-corrected chi connectivity index (χ1v) is 16.5. The number of fused-ring (bicyclic) bond motifs is 1. The highest BCUT2D eigenvalue weighted by atomic mass is 16.5. The van der Waals surface area contributed by atoms with Crippen molar-refractivity contribution in [1.29, 1.82) is 0 Å². The molecule has 1 aromatic carbocycles. The van der Waals surface area contributed by atoms with E-state index in [1.54, 1.807) is 7.11 Å². The van der Waals surface area contributed by atoms with Gasteiger partial charge in [-0.15, -0.1) is 0 Å². The van der Waals surface area contributed by atoms with Crippen LogP contribution in [0.5, 0.6) is 5.75 Å². The number of aliphatic hydroxyl groups is 4. The summed E-state index contributed by atoms with van der Waals surface area (Å²) in [6.45, 7) is 7.93. The van der Waals surface area contributed by atoms with E-state index in [0.29, 0.717) is 37.2 Å². The molecule has 0 aromatic heterocycles. The van der Waals surface area contributed by atoms with Crippen LogP contribution in [0.25, 0.3) is 0 Å². The van der Waals surface area contributed by atoms with Gasteiger partial charge in [-0.3, -0.25) is 9.69 Å². The Balaban J connectivity index is 1.45. The average molecular weight is 594 g/mol. The Morgan fingerprint density at radius 3 is 2.40 bits per heavy atom. The standard InChI is InChI=1S/C36H51NO6/c1-5-18-37(21-26(40)22-38)23-35(42)15-12-30-33(35,3)14-11-29-32(2)13-10-25(39)19-34(32)16-17-36(29,30)28(20-34)31(41)24-6-8-27(43-4)9-7-24/h6-9,16-17,20,25-26,29-30,38-40,42H,5,10-15,18-19,21-23H2,1-4H3. The van der Waals surface area contributed by atoms with Gasteiger partial charge in [-0.05, 0) is 99.4 Å². The second-order valence-electron chi connectivity index (χ2n) is 14.9. The lowest BCUT2D eigenvalue weighted by molar-refractivity contribution is -0.177. The van der Waals surface area contributed by atoms with E-state index in [2.05, 4.69) is 43.9 Å². The van der Waals surface area contributed by atoms with Crippen molar-refractivity contribution in [2.45, 2.75) is 89.9 Å². The quantitative estimate of drug-likeness (QED) is 0.233. The van der Waals surface area contributed by atoms with Crippen molar-refractivity contribution in [3.63, 3.8) is 0 Å². The lowest BCUT2D eigenvalue weighted by Gasteiger charge is -2.71. The van der Waals surface area contributed by atoms with E-state index >= 15 is 0 Å². The Bertz CT molecular complexity index is 1290. The third kappa shape index (κ3) is 4.36. The van der Waals surface area contributed by atoms with E-state index < -0.39 is 22.5 Å². The smallest absolute Gasteiger partial charge is 0.189 e. The Morgan fingerprint density at radius 1 is 1.05 bits per heavy atom. The maximum atomic E-state index is 14.6. The number of Topliss-reactive ketones (excluding diaryl/α,β-unsaturated/α-hetero) is 1. The van der Waals surface area contributed by atoms with Gasteiger partial charge in [0.25, 0.3) is 0 Å². The highest BCUT2D eigenvalue weighted by Gasteiger charge is 2.74. The Labute approximate surface area is 256 Å². The van der Waals surface area contributed by atoms with Crippen molar-refractivity contribution in [2.24, 2.45) is 33.5 Å². The summed E-state index contributed by atoms with van der Waals surface area (Å²) in [6, 6.07) is 7.40. The number of allylic oxidation sites excluding steroid dienone is 4. The lowest BCUT2D eigenvalue weighted by Crippen LogP contribution is -2.67. The van der Waals surface area contributed by atoms with Gasteiger partial charge in [0.05, 0.1) is 31.5 Å². The molecule has 2 bridgehead atoms. The van der Waals surface area contributed by atoms with Crippen LogP contribution in [0, 0.1) is 33.5 Å². The second kappa shape index (κ2) is 10.8. The van der Waals surface area contributed by atoms with Crippen molar-refractivity contribution in [2.75, 3.05) is 33.4 Å². The zero-order valence-corrected chi connectivity index (χ0v) is 26.4. The second-order valence-corrected chi connectivity index (χ2v) is 14.9. The van der Waals surface area contributed by atoms with Gasteiger partial charge < -0.3 is 25.2 Å². The van der Waals surface area contributed by atoms with Crippen LogP contribution in [-0.2, 0) is 0 Å². The molecule has 6 aliphatic rings. The number of carbonyl (C=O) groups excluding carboxylic acids is 1. The number of carbonyl (C=O) groups is 1. The molecule has 4 N–H and O–H groups in total. The minimum Gasteiger partial charge on any atom is -0.497 e. The molecule has 7 nitrogen and oxygen atoms in total. The first-order valence-electron chi connectivity index (χ1n) is 16.5.